The van der Waals surface area contributed by atoms with E-state index in [1.165, 1.54) is 0 Å². The number of aliphatic hydroxyl groups excluding tert-OH is 1. The summed E-state index contributed by atoms with van der Waals surface area (Å²) in [6, 6.07) is 7.34. The Balaban J connectivity index is 2.16. The lowest BCUT2D eigenvalue weighted by atomic mass is 9.91. The number of benzene rings is 1. The summed E-state index contributed by atoms with van der Waals surface area (Å²) in [5.41, 5.74) is 0.651. The van der Waals surface area contributed by atoms with Crippen LogP contribution in [0.4, 0.5) is 0 Å². The highest BCUT2D eigenvalue weighted by atomic mass is 79.9. The Morgan fingerprint density at radius 3 is 2.67 bits per heavy atom. The van der Waals surface area contributed by atoms with Crippen LogP contribution in [0, 0.1) is 0 Å². The normalized spacial score (nSPS) is 23.7. The SMILES string of the molecule is CN(C(=O)c1ccccc1Br)[C@@H]1CCCC[C@H]1O. The second-order valence-electron chi connectivity index (χ2n) is 4.82. The molecule has 1 aromatic carbocycles. The molecule has 1 fully saturated rings. The zero-order chi connectivity index (χ0) is 13.1. The fraction of sp³-hybridized carbons (Fsp3) is 0.500. The van der Waals surface area contributed by atoms with Crippen LogP contribution >= 0.6 is 15.9 Å². The maximum absolute atomic E-state index is 12.4. The third kappa shape index (κ3) is 2.75. The number of halogens is 1. The first-order valence-electron chi connectivity index (χ1n) is 6.31. The van der Waals surface area contributed by atoms with Gasteiger partial charge in [0.2, 0.25) is 0 Å². The molecule has 0 aromatic heterocycles. The molecule has 1 saturated carbocycles. The van der Waals surface area contributed by atoms with Crippen LogP contribution in [0.3, 0.4) is 0 Å². The molecule has 0 radical (unpaired) electrons. The molecular weight excluding hydrogens is 294 g/mol. The van der Waals surface area contributed by atoms with Crippen molar-refractivity contribution >= 4 is 21.8 Å². The van der Waals surface area contributed by atoms with Crippen molar-refractivity contribution in [1.82, 2.24) is 4.90 Å². The third-order valence-electron chi connectivity index (χ3n) is 3.62. The minimum atomic E-state index is -0.393. The zero-order valence-electron chi connectivity index (χ0n) is 10.5. The van der Waals surface area contributed by atoms with Gasteiger partial charge in [-0.15, -0.1) is 0 Å². The predicted octanol–water partition coefficient (Wildman–Crippen LogP) is 2.82. The number of likely N-dealkylation sites (N-methyl/N-ethyl adjacent to an activating group) is 1. The van der Waals surface area contributed by atoms with Gasteiger partial charge in [0.1, 0.15) is 0 Å². The Morgan fingerprint density at radius 2 is 2.00 bits per heavy atom. The van der Waals surface area contributed by atoms with Gasteiger partial charge in [0.15, 0.2) is 0 Å². The number of hydrogen-bond donors (Lipinski definition) is 1. The number of nitrogens with zero attached hydrogens (tertiary/aromatic N) is 1. The molecule has 3 nitrogen and oxygen atoms in total. The summed E-state index contributed by atoms with van der Waals surface area (Å²) in [7, 11) is 1.78. The van der Waals surface area contributed by atoms with Crippen molar-refractivity contribution in [2.75, 3.05) is 7.05 Å². The zero-order valence-corrected chi connectivity index (χ0v) is 12.1. The molecule has 0 heterocycles. The molecule has 98 valence electrons. The van der Waals surface area contributed by atoms with Crippen molar-refractivity contribution < 1.29 is 9.90 Å². The van der Waals surface area contributed by atoms with Gasteiger partial charge < -0.3 is 10.0 Å². The molecule has 2 atom stereocenters. The van der Waals surface area contributed by atoms with E-state index in [4.69, 9.17) is 0 Å². The minimum Gasteiger partial charge on any atom is -0.391 e. The number of amides is 1. The third-order valence-corrected chi connectivity index (χ3v) is 4.31. The van der Waals surface area contributed by atoms with Crippen LogP contribution in [-0.4, -0.2) is 35.1 Å². The smallest absolute Gasteiger partial charge is 0.255 e. The van der Waals surface area contributed by atoms with Gasteiger partial charge in [-0.05, 0) is 40.9 Å². The molecule has 2 rings (SSSR count). The molecule has 18 heavy (non-hydrogen) atoms. The van der Waals surface area contributed by atoms with Crippen molar-refractivity contribution in [2.24, 2.45) is 0 Å². The Kier molecular flexibility index (Phi) is 4.40. The summed E-state index contributed by atoms with van der Waals surface area (Å²) in [4.78, 5) is 14.1. The lowest BCUT2D eigenvalue weighted by Crippen LogP contribution is -2.46. The summed E-state index contributed by atoms with van der Waals surface area (Å²) < 4.78 is 0.798. The molecule has 1 N–H and O–H groups in total. The number of carbonyl (C=O) groups is 1. The maximum Gasteiger partial charge on any atom is 0.255 e. The van der Waals surface area contributed by atoms with Crippen LogP contribution in [0.5, 0.6) is 0 Å². The maximum atomic E-state index is 12.4. The van der Waals surface area contributed by atoms with E-state index < -0.39 is 6.10 Å². The van der Waals surface area contributed by atoms with E-state index in [0.717, 1.165) is 30.2 Å². The minimum absolute atomic E-state index is 0.0339. The van der Waals surface area contributed by atoms with Gasteiger partial charge in [-0.2, -0.15) is 0 Å². The highest BCUT2D eigenvalue weighted by Gasteiger charge is 2.30. The molecule has 0 unspecified atom stereocenters. The second-order valence-corrected chi connectivity index (χ2v) is 5.67. The van der Waals surface area contributed by atoms with Crippen LogP contribution in [0.1, 0.15) is 36.0 Å². The van der Waals surface area contributed by atoms with Crippen LogP contribution in [0.15, 0.2) is 28.7 Å². The molecular formula is C14H18BrNO2. The molecule has 1 aliphatic rings. The van der Waals surface area contributed by atoms with E-state index in [-0.39, 0.29) is 11.9 Å². The summed E-state index contributed by atoms with van der Waals surface area (Å²) in [5, 5.41) is 10.00. The summed E-state index contributed by atoms with van der Waals surface area (Å²) in [6.45, 7) is 0. The van der Waals surface area contributed by atoms with E-state index in [1.807, 2.05) is 18.2 Å². The standard InChI is InChI=1S/C14H18BrNO2/c1-16(12-8-4-5-9-13(12)17)14(18)10-6-2-3-7-11(10)15/h2-3,6-7,12-13,17H,4-5,8-9H2,1H3/t12-,13-/m1/s1. The average Bonchev–Trinajstić information content (AvgIpc) is 2.38. The number of carbonyl (C=O) groups excluding carboxylic acids is 1. The molecule has 0 aliphatic heterocycles. The van der Waals surface area contributed by atoms with E-state index in [2.05, 4.69) is 15.9 Å². The van der Waals surface area contributed by atoms with E-state index >= 15 is 0 Å². The van der Waals surface area contributed by atoms with Crippen molar-refractivity contribution in [2.45, 2.75) is 37.8 Å². The van der Waals surface area contributed by atoms with Gasteiger partial charge in [-0.3, -0.25) is 4.79 Å². The molecule has 1 aliphatic carbocycles. The van der Waals surface area contributed by atoms with E-state index in [1.54, 1.807) is 18.0 Å². The van der Waals surface area contributed by atoms with Crippen LogP contribution in [0.25, 0.3) is 0 Å². The topological polar surface area (TPSA) is 40.5 Å². The van der Waals surface area contributed by atoms with E-state index in [9.17, 15) is 9.90 Å². The fourth-order valence-electron chi connectivity index (χ4n) is 2.52. The summed E-state index contributed by atoms with van der Waals surface area (Å²) in [6.07, 6.45) is 3.41. The molecule has 0 saturated heterocycles. The first-order chi connectivity index (χ1) is 8.61. The van der Waals surface area contributed by atoms with Gasteiger partial charge in [0.05, 0.1) is 17.7 Å². The number of hydrogen-bond acceptors (Lipinski definition) is 2. The van der Waals surface area contributed by atoms with Gasteiger partial charge >= 0.3 is 0 Å². The van der Waals surface area contributed by atoms with Gasteiger partial charge in [-0.25, -0.2) is 0 Å². The Morgan fingerprint density at radius 1 is 1.33 bits per heavy atom. The molecule has 4 heteroatoms. The van der Waals surface area contributed by atoms with Crippen molar-refractivity contribution in [3.8, 4) is 0 Å². The lowest BCUT2D eigenvalue weighted by Gasteiger charge is -2.35. The van der Waals surface area contributed by atoms with Gasteiger partial charge in [-0.1, -0.05) is 25.0 Å². The fourth-order valence-corrected chi connectivity index (χ4v) is 2.97. The van der Waals surface area contributed by atoms with Crippen LogP contribution < -0.4 is 0 Å². The second kappa shape index (κ2) is 5.85. The first-order valence-corrected chi connectivity index (χ1v) is 7.10. The van der Waals surface area contributed by atoms with E-state index in [0.29, 0.717) is 5.56 Å². The van der Waals surface area contributed by atoms with Crippen molar-refractivity contribution in [3.05, 3.63) is 34.3 Å². The quantitative estimate of drug-likeness (QED) is 0.912. The Bertz CT molecular complexity index is 436. The number of aliphatic hydroxyl groups is 1. The monoisotopic (exact) mass is 311 g/mol. The van der Waals surface area contributed by atoms with Crippen molar-refractivity contribution in [3.63, 3.8) is 0 Å². The van der Waals surface area contributed by atoms with Gasteiger partial charge in [0, 0.05) is 11.5 Å². The molecule has 0 spiro atoms. The molecule has 1 aromatic rings. The van der Waals surface area contributed by atoms with Gasteiger partial charge in [0.25, 0.3) is 5.91 Å². The predicted molar refractivity (Wildman–Crippen MR) is 74.5 cm³/mol. The van der Waals surface area contributed by atoms with Crippen LogP contribution in [0.2, 0.25) is 0 Å². The Labute approximate surface area is 116 Å². The molecule has 1 amide bonds. The Hall–Kier alpha value is -0.870. The van der Waals surface area contributed by atoms with Crippen molar-refractivity contribution in [1.29, 1.82) is 0 Å². The largest absolute Gasteiger partial charge is 0.391 e. The summed E-state index contributed by atoms with van der Waals surface area (Å²) >= 11 is 3.39. The highest BCUT2D eigenvalue weighted by Crippen LogP contribution is 2.25. The first kappa shape index (κ1) is 13.6. The molecule has 0 bridgehead atoms. The lowest BCUT2D eigenvalue weighted by molar-refractivity contribution is 0.0267. The van der Waals surface area contributed by atoms with Crippen LogP contribution in [-0.2, 0) is 0 Å². The highest BCUT2D eigenvalue weighted by molar-refractivity contribution is 9.10. The number of rotatable bonds is 2. The summed E-state index contributed by atoms with van der Waals surface area (Å²) in [5.74, 6) is -0.0339. The average molecular weight is 312 g/mol.